The number of methoxy groups -OCH3 is 1. The molecule has 0 saturated heterocycles. The van der Waals surface area contributed by atoms with Crippen molar-refractivity contribution >= 4 is 0 Å². The predicted molar refractivity (Wildman–Crippen MR) is 76.7 cm³/mol. The van der Waals surface area contributed by atoms with E-state index in [1.165, 1.54) is 0 Å². The Morgan fingerprint density at radius 1 is 1.25 bits per heavy atom. The van der Waals surface area contributed by atoms with Crippen molar-refractivity contribution in [3.63, 3.8) is 0 Å². The van der Waals surface area contributed by atoms with Gasteiger partial charge in [-0.3, -0.25) is 0 Å². The molecule has 0 amide bonds. The average Bonchev–Trinajstić information content (AvgIpc) is 2.84. The fourth-order valence-electron chi connectivity index (χ4n) is 1.79. The minimum atomic E-state index is 0.0251. The number of para-hydroxylation sites is 1. The zero-order valence-electron chi connectivity index (χ0n) is 12.4. The second kappa shape index (κ2) is 6.05. The molecule has 5 heteroatoms. The van der Waals surface area contributed by atoms with Gasteiger partial charge in [0.05, 0.1) is 13.7 Å². The van der Waals surface area contributed by atoms with Gasteiger partial charge in [-0.1, -0.05) is 23.4 Å². The van der Waals surface area contributed by atoms with Crippen LogP contribution in [0.4, 0.5) is 0 Å². The van der Waals surface area contributed by atoms with Gasteiger partial charge in [-0.05, 0) is 26.8 Å². The molecule has 2 aromatic rings. The molecule has 0 saturated carbocycles. The molecular weight excluding hydrogens is 254 g/mol. The summed E-state index contributed by atoms with van der Waals surface area (Å²) in [7, 11) is 1.66. The van der Waals surface area contributed by atoms with Gasteiger partial charge in [0, 0.05) is 17.5 Å². The number of ether oxygens (including phenoxy) is 1. The summed E-state index contributed by atoms with van der Waals surface area (Å²) >= 11 is 0. The Bertz CT molecular complexity index is 558. The van der Waals surface area contributed by atoms with Gasteiger partial charge in [0.25, 0.3) is 0 Å². The zero-order chi connectivity index (χ0) is 14.6. The molecule has 0 aliphatic rings. The number of nitrogens with zero attached hydrogens (tertiary/aromatic N) is 2. The highest BCUT2D eigenvalue weighted by Gasteiger charge is 2.13. The van der Waals surface area contributed by atoms with Crippen molar-refractivity contribution in [2.75, 3.05) is 7.11 Å². The topological polar surface area (TPSA) is 60.2 Å². The normalized spacial score (nSPS) is 11.6. The zero-order valence-corrected chi connectivity index (χ0v) is 12.4. The van der Waals surface area contributed by atoms with Crippen molar-refractivity contribution in [1.29, 1.82) is 0 Å². The van der Waals surface area contributed by atoms with Crippen molar-refractivity contribution in [2.45, 2.75) is 39.3 Å². The van der Waals surface area contributed by atoms with E-state index in [2.05, 4.69) is 36.2 Å². The first-order chi connectivity index (χ1) is 9.48. The van der Waals surface area contributed by atoms with Crippen LogP contribution in [-0.2, 0) is 13.0 Å². The van der Waals surface area contributed by atoms with Crippen molar-refractivity contribution in [2.24, 2.45) is 0 Å². The van der Waals surface area contributed by atoms with E-state index in [0.29, 0.717) is 24.7 Å². The Morgan fingerprint density at radius 3 is 2.70 bits per heavy atom. The molecule has 20 heavy (non-hydrogen) atoms. The molecule has 0 spiro atoms. The van der Waals surface area contributed by atoms with Crippen LogP contribution < -0.4 is 10.1 Å². The summed E-state index contributed by atoms with van der Waals surface area (Å²) in [5.41, 5.74) is 1.07. The highest BCUT2D eigenvalue weighted by Crippen LogP contribution is 2.19. The van der Waals surface area contributed by atoms with Gasteiger partial charge in [0.1, 0.15) is 5.75 Å². The minimum Gasteiger partial charge on any atom is -0.496 e. The first-order valence-electron chi connectivity index (χ1n) is 6.66. The highest BCUT2D eigenvalue weighted by atomic mass is 16.5. The monoisotopic (exact) mass is 275 g/mol. The van der Waals surface area contributed by atoms with Crippen LogP contribution in [0, 0.1) is 0 Å². The molecule has 1 heterocycles. The van der Waals surface area contributed by atoms with Crippen LogP contribution in [0.3, 0.4) is 0 Å². The summed E-state index contributed by atoms with van der Waals surface area (Å²) in [6.07, 6.45) is 0.600. The second-order valence-corrected chi connectivity index (χ2v) is 5.70. The largest absolute Gasteiger partial charge is 0.496 e. The molecule has 1 aromatic carbocycles. The van der Waals surface area contributed by atoms with Crippen LogP contribution >= 0.6 is 0 Å². The number of rotatable bonds is 5. The molecule has 1 N–H and O–H groups in total. The Kier molecular flexibility index (Phi) is 4.39. The van der Waals surface area contributed by atoms with Gasteiger partial charge in [-0.25, -0.2) is 0 Å². The van der Waals surface area contributed by atoms with E-state index in [4.69, 9.17) is 9.26 Å². The van der Waals surface area contributed by atoms with Crippen molar-refractivity contribution in [1.82, 2.24) is 15.5 Å². The van der Waals surface area contributed by atoms with Gasteiger partial charge in [-0.15, -0.1) is 0 Å². The first-order valence-corrected chi connectivity index (χ1v) is 6.66. The van der Waals surface area contributed by atoms with Gasteiger partial charge >= 0.3 is 0 Å². The SMILES string of the molecule is COc1ccccc1Cc1noc(CNC(C)(C)C)n1. The van der Waals surface area contributed by atoms with Crippen molar-refractivity contribution in [3.8, 4) is 5.75 Å². The van der Waals surface area contributed by atoms with Gasteiger partial charge in [0.15, 0.2) is 5.82 Å². The Hall–Kier alpha value is -1.88. The lowest BCUT2D eigenvalue weighted by Gasteiger charge is -2.18. The summed E-state index contributed by atoms with van der Waals surface area (Å²) in [6.45, 7) is 6.86. The number of aromatic nitrogens is 2. The first kappa shape index (κ1) is 14.5. The van der Waals surface area contributed by atoms with E-state index in [1.807, 2.05) is 24.3 Å². The lowest BCUT2D eigenvalue weighted by Crippen LogP contribution is -2.35. The maximum Gasteiger partial charge on any atom is 0.240 e. The fraction of sp³-hybridized carbons (Fsp3) is 0.467. The molecule has 5 nitrogen and oxygen atoms in total. The third-order valence-electron chi connectivity index (χ3n) is 2.82. The lowest BCUT2D eigenvalue weighted by atomic mass is 10.1. The molecule has 2 rings (SSSR count). The van der Waals surface area contributed by atoms with E-state index < -0.39 is 0 Å². The molecule has 0 radical (unpaired) electrons. The van der Waals surface area contributed by atoms with Crippen LogP contribution in [0.15, 0.2) is 28.8 Å². The number of hydrogen-bond donors (Lipinski definition) is 1. The molecule has 0 bridgehead atoms. The maximum atomic E-state index is 5.32. The van der Waals surface area contributed by atoms with Crippen LogP contribution in [0.2, 0.25) is 0 Å². The smallest absolute Gasteiger partial charge is 0.240 e. The molecule has 0 unspecified atom stereocenters. The molecule has 1 aromatic heterocycles. The lowest BCUT2D eigenvalue weighted by molar-refractivity contribution is 0.334. The van der Waals surface area contributed by atoms with Gasteiger partial charge in [-0.2, -0.15) is 4.98 Å². The van der Waals surface area contributed by atoms with E-state index in [1.54, 1.807) is 7.11 Å². The Morgan fingerprint density at radius 2 is 2.00 bits per heavy atom. The number of benzene rings is 1. The number of nitrogens with one attached hydrogen (secondary N) is 1. The van der Waals surface area contributed by atoms with E-state index in [9.17, 15) is 0 Å². The summed E-state index contributed by atoms with van der Waals surface area (Å²) in [5, 5.41) is 7.32. The van der Waals surface area contributed by atoms with E-state index in [0.717, 1.165) is 11.3 Å². The average molecular weight is 275 g/mol. The van der Waals surface area contributed by atoms with Crippen LogP contribution in [-0.4, -0.2) is 22.8 Å². The molecule has 0 aliphatic heterocycles. The summed E-state index contributed by atoms with van der Waals surface area (Å²) in [5.74, 6) is 2.11. The van der Waals surface area contributed by atoms with Crippen LogP contribution in [0.25, 0.3) is 0 Å². The van der Waals surface area contributed by atoms with Crippen molar-refractivity contribution in [3.05, 3.63) is 41.5 Å². The van der Waals surface area contributed by atoms with Crippen molar-refractivity contribution < 1.29 is 9.26 Å². The third kappa shape index (κ3) is 4.06. The molecular formula is C15H21N3O2. The highest BCUT2D eigenvalue weighted by molar-refractivity contribution is 5.35. The summed E-state index contributed by atoms with van der Waals surface area (Å²) in [4.78, 5) is 4.39. The maximum absolute atomic E-state index is 5.32. The molecule has 0 atom stereocenters. The summed E-state index contributed by atoms with van der Waals surface area (Å²) in [6, 6.07) is 7.84. The van der Waals surface area contributed by atoms with E-state index in [-0.39, 0.29) is 5.54 Å². The fourth-order valence-corrected chi connectivity index (χ4v) is 1.79. The van der Waals surface area contributed by atoms with Gasteiger partial charge < -0.3 is 14.6 Å². The predicted octanol–water partition coefficient (Wildman–Crippen LogP) is 2.56. The van der Waals surface area contributed by atoms with Crippen LogP contribution in [0.1, 0.15) is 38.0 Å². The minimum absolute atomic E-state index is 0.0251. The third-order valence-corrected chi connectivity index (χ3v) is 2.82. The molecule has 0 fully saturated rings. The summed E-state index contributed by atoms with van der Waals surface area (Å²) < 4.78 is 10.6. The number of hydrogen-bond acceptors (Lipinski definition) is 5. The van der Waals surface area contributed by atoms with Crippen LogP contribution in [0.5, 0.6) is 5.75 Å². The Balaban J connectivity index is 2.02. The van der Waals surface area contributed by atoms with Gasteiger partial charge in [0.2, 0.25) is 5.89 Å². The quantitative estimate of drug-likeness (QED) is 0.908. The second-order valence-electron chi connectivity index (χ2n) is 5.70. The standard InChI is InChI=1S/C15H21N3O2/c1-15(2,3)16-10-14-17-13(18-20-14)9-11-7-5-6-8-12(11)19-4/h5-8,16H,9-10H2,1-4H3. The van der Waals surface area contributed by atoms with E-state index >= 15 is 0 Å². The Labute approximate surface area is 119 Å². The molecule has 108 valence electrons. The molecule has 0 aliphatic carbocycles.